The summed E-state index contributed by atoms with van der Waals surface area (Å²) in [5.41, 5.74) is 7.60. The molecule has 5 nitrogen and oxygen atoms in total. The Morgan fingerprint density at radius 3 is 2.41 bits per heavy atom. The van der Waals surface area contributed by atoms with Crippen LogP contribution in [0.15, 0.2) is 41.8 Å². The van der Waals surface area contributed by atoms with Gasteiger partial charge in [-0.1, -0.05) is 18.2 Å². The minimum absolute atomic E-state index is 0.0304. The molecule has 0 fully saturated rings. The van der Waals surface area contributed by atoms with Gasteiger partial charge in [-0.05, 0) is 35.9 Å². The zero-order chi connectivity index (χ0) is 15.7. The van der Waals surface area contributed by atoms with Crippen LogP contribution in [0.4, 0.5) is 5.13 Å². The third-order valence-electron chi connectivity index (χ3n) is 3.25. The standard InChI is InChI=1S/C16H14N4OS/c1-9-8-22-16(19-9)20-15(21)13-5-3-10-6-12(14(17)18)4-2-11(10)7-13/h2-8H,1H3,(H3,17,18)(H,19,20,21). The van der Waals surface area contributed by atoms with Gasteiger partial charge in [0.15, 0.2) is 5.13 Å². The number of thiazole rings is 1. The van der Waals surface area contributed by atoms with Gasteiger partial charge in [-0.25, -0.2) is 4.98 Å². The zero-order valence-electron chi connectivity index (χ0n) is 11.9. The summed E-state index contributed by atoms with van der Waals surface area (Å²) in [7, 11) is 0. The quantitative estimate of drug-likeness (QED) is 0.512. The Kier molecular flexibility index (Phi) is 3.60. The summed E-state index contributed by atoms with van der Waals surface area (Å²) in [6.45, 7) is 1.88. The molecule has 0 atom stereocenters. The number of nitrogens with zero attached hydrogens (tertiary/aromatic N) is 1. The summed E-state index contributed by atoms with van der Waals surface area (Å²) < 4.78 is 0. The van der Waals surface area contributed by atoms with Gasteiger partial charge in [-0.15, -0.1) is 11.3 Å². The molecule has 0 aliphatic carbocycles. The first kappa shape index (κ1) is 14.2. The van der Waals surface area contributed by atoms with Crippen molar-refractivity contribution in [3.8, 4) is 0 Å². The number of carbonyl (C=O) groups excluding carboxylic acids is 1. The number of nitrogens with one attached hydrogen (secondary N) is 2. The highest BCUT2D eigenvalue weighted by molar-refractivity contribution is 7.13. The molecule has 1 aromatic heterocycles. The largest absolute Gasteiger partial charge is 0.384 e. The summed E-state index contributed by atoms with van der Waals surface area (Å²) in [6.07, 6.45) is 0. The van der Waals surface area contributed by atoms with Crippen molar-refractivity contribution >= 4 is 39.0 Å². The number of hydrogen-bond donors (Lipinski definition) is 3. The van der Waals surface area contributed by atoms with E-state index in [0.717, 1.165) is 16.5 Å². The van der Waals surface area contributed by atoms with Gasteiger partial charge in [0.2, 0.25) is 0 Å². The molecule has 0 saturated carbocycles. The number of amides is 1. The monoisotopic (exact) mass is 310 g/mol. The molecule has 3 rings (SSSR count). The molecule has 0 spiro atoms. The maximum atomic E-state index is 12.2. The molecule has 0 aliphatic heterocycles. The summed E-state index contributed by atoms with van der Waals surface area (Å²) in [4.78, 5) is 16.5. The molecule has 6 heteroatoms. The minimum Gasteiger partial charge on any atom is -0.384 e. The number of carbonyl (C=O) groups is 1. The van der Waals surface area contributed by atoms with Gasteiger partial charge in [0.05, 0.1) is 5.69 Å². The molecule has 0 bridgehead atoms. The number of nitrogens with two attached hydrogens (primary N) is 1. The maximum absolute atomic E-state index is 12.2. The first-order valence-corrected chi connectivity index (χ1v) is 7.52. The lowest BCUT2D eigenvalue weighted by atomic mass is 10.0. The molecule has 22 heavy (non-hydrogen) atoms. The Bertz CT molecular complexity index is 885. The van der Waals surface area contributed by atoms with Crippen molar-refractivity contribution < 1.29 is 4.79 Å². The third kappa shape index (κ3) is 2.82. The second-order valence-electron chi connectivity index (χ2n) is 4.94. The van der Waals surface area contributed by atoms with Crippen LogP contribution in [0.3, 0.4) is 0 Å². The molecule has 0 unspecified atom stereocenters. The van der Waals surface area contributed by atoms with Crippen LogP contribution in [0.1, 0.15) is 21.6 Å². The van der Waals surface area contributed by atoms with E-state index < -0.39 is 0 Å². The molecular weight excluding hydrogens is 296 g/mol. The average Bonchev–Trinajstić information content (AvgIpc) is 2.91. The van der Waals surface area contributed by atoms with E-state index in [1.807, 2.05) is 36.6 Å². The number of rotatable bonds is 3. The number of anilines is 1. The number of amidine groups is 1. The molecule has 3 aromatic rings. The van der Waals surface area contributed by atoms with Gasteiger partial charge >= 0.3 is 0 Å². The van der Waals surface area contributed by atoms with Crippen molar-refractivity contribution in [2.24, 2.45) is 5.73 Å². The highest BCUT2D eigenvalue weighted by Gasteiger charge is 2.09. The number of fused-ring (bicyclic) bond motifs is 1. The van der Waals surface area contributed by atoms with E-state index in [1.54, 1.807) is 12.1 Å². The molecule has 4 N–H and O–H groups in total. The fraction of sp³-hybridized carbons (Fsp3) is 0.0625. The summed E-state index contributed by atoms with van der Waals surface area (Å²) >= 11 is 1.40. The number of aromatic nitrogens is 1. The lowest BCUT2D eigenvalue weighted by molar-refractivity contribution is 0.102. The molecule has 110 valence electrons. The molecule has 0 saturated heterocycles. The van der Waals surface area contributed by atoms with Crippen LogP contribution in [-0.4, -0.2) is 16.7 Å². The van der Waals surface area contributed by atoms with Gasteiger partial charge in [0, 0.05) is 16.5 Å². The van der Waals surface area contributed by atoms with E-state index in [4.69, 9.17) is 11.1 Å². The van der Waals surface area contributed by atoms with Crippen molar-refractivity contribution in [1.82, 2.24) is 4.98 Å². The molecule has 2 aromatic carbocycles. The van der Waals surface area contributed by atoms with E-state index in [9.17, 15) is 4.79 Å². The Morgan fingerprint density at radius 1 is 1.18 bits per heavy atom. The molecule has 1 amide bonds. The normalized spacial score (nSPS) is 10.6. The smallest absolute Gasteiger partial charge is 0.257 e. The highest BCUT2D eigenvalue weighted by atomic mass is 32.1. The van der Waals surface area contributed by atoms with Crippen LogP contribution in [0, 0.1) is 12.3 Å². The van der Waals surface area contributed by atoms with Gasteiger partial charge in [-0.2, -0.15) is 0 Å². The summed E-state index contributed by atoms with van der Waals surface area (Å²) in [5, 5.41) is 14.6. The van der Waals surface area contributed by atoms with Gasteiger partial charge < -0.3 is 5.73 Å². The van der Waals surface area contributed by atoms with Gasteiger partial charge in [0.25, 0.3) is 5.91 Å². The summed E-state index contributed by atoms with van der Waals surface area (Å²) in [6, 6.07) is 10.9. The zero-order valence-corrected chi connectivity index (χ0v) is 12.7. The van der Waals surface area contributed by atoms with Crippen LogP contribution in [0.5, 0.6) is 0 Å². The summed E-state index contributed by atoms with van der Waals surface area (Å²) in [5.74, 6) is -0.158. The van der Waals surface area contributed by atoms with E-state index in [-0.39, 0.29) is 11.7 Å². The minimum atomic E-state index is -0.188. The second kappa shape index (κ2) is 5.57. The van der Waals surface area contributed by atoms with Crippen LogP contribution in [0.25, 0.3) is 10.8 Å². The second-order valence-corrected chi connectivity index (χ2v) is 5.80. The number of aryl methyl sites for hydroxylation is 1. The first-order valence-electron chi connectivity index (χ1n) is 6.64. The molecule has 1 heterocycles. The molecule has 0 aliphatic rings. The fourth-order valence-electron chi connectivity index (χ4n) is 2.14. The van der Waals surface area contributed by atoms with E-state index in [1.165, 1.54) is 11.3 Å². The number of nitrogen functional groups attached to an aromatic ring is 1. The van der Waals surface area contributed by atoms with Crippen molar-refractivity contribution in [2.75, 3.05) is 5.32 Å². The van der Waals surface area contributed by atoms with Gasteiger partial charge in [0.1, 0.15) is 5.84 Å². The average molecular weight is 310 g/mol. The fourth-order valence-corrected chi connectivity index (χ4v) is 2.82. The number of benzene rings is 2. The highest BCUT2D eigenvalue weighted by Crippen LogP contribution is 2.20. The van der Waals surface area contributed by atoms with Crippen LogP contribution < -0.4 is 11.1 Å². The van der Waals surface area contributed by atoms with Crippen LogP contribution in [-0.2, 0) is 0 Å². The number of hydrogen-bond acceptors (Lipinski definition) is 4. The van der Waals surface area contributed by atoms with Crippen molar-refractivity contribution in [3.05, 3.63) is 58.6 Å². The first-order chi connectivity index (χ1) is 10.5. The van der Waals surface area contributed by atoms with Crippen molar-refractivity contribution in [1.29, 1.82) is 5.41 Å². The predicted octanol–water partition coefficient (Wildman–Crippen LogP) is 3.14. The molecule has 0 radical (unpaired) electrons. The SMILES string of the molecule is Cc1csc(NC(=O)c2ccc3cc(C(=N)N)ccc3c2)n1. The Balaban J connectivity index is 1.89. The van der Waals surface area contributed by atoms with Crippen molar-refractivity contribution in [2.45, 2.75) is 6.92 Å². The van der Waals surface area contributed by atoms with E-state index in [2.05, 4.69) is 10.3 Å². The van der Waals surface area contributed by atoms with E-state index in [0.29, 0.717) is 16.3 Å². The van der Waals surface area contributed by atoms with Crippen LogP contribution in [0.2, 0.25) is 0 Å². The van der Waals surface area contributed by atoms with E-state index >= 15 is 0 Å². The topological polar surface area (TPSA) is 91.9 Å². The van der Waals surface area contributed by atoms with Gasteiger partial charge in [-0.3, -0.25) is 15.5 Å². The lowest BCUT2D eigenvalue weighted by Gasteiger charge is -2.05. The Hall–Kier alpha value is -2.73. The Labute approximate surface area is 131 Å². The lowest BCUT2D eigenvalue weighted by Crippen LogP contribution is -2.12. The third-order valence-corrected chi connectivity index (χ3v) is 4.13. The van der Waals surface area contributed by atoms with Crippen molar-refractivity contribution in [3.63, 3.8) is 0 Å². The predicted molar refractivity (Wildman–Crippen MR) is 89.8 cm³/mol. The van der Waals surface area contributed by atoms with Crippen LogP contribution >= 0.6 is 11.3 Å². The molecular formula is C16H14N4OS. The maximum Gasteiger partial charge on any atom is 0.257 e. The Morgan fingerprint density at radius 2 is 1.82 bits per heavy atom.